The Morgan fingerprint density at radius 1 is 1.79 bits per heavy atom. The van der Waals surface area contributed by atoms with E-state index in [1.165, 1.54) is 0 Å². The summed E-state index contributed by atoms with van der Waals surface area (Å²) in [5.41, 5.74) is 0. The molecule has 1 aliphatic heterocycles. The monoisotopic (exact) mass is 234 g/mol. The van der Waals surface area contributed by atoms with Gasteiger partial charge in [-0.15, -0.1) is 0 Å². The lowest BCUT2D eigenvalue weighted by atomic mass is 10.3. The number of carbonyl (C=O) groups is 1. The van der Waals surface area contributed by atoms with Crippen molar-refractivity contribution in [3.05, 3.63) is 0 Å². The number of amides is 1. The Labute approximate surface area is 94.2 Å². The van der Waals surface area contributed by atoms with Crippen molar-refractivity contribution in [2.75, 3.05) is 30.9 Å². The van der Waals surface area contributed by atoms with Crippen LogP contribution in [0.25, 0.3) is 0 Å². The first-order valence-corrected chi connectivity index (χ1v) is 7.30. The Morgan fingerprint density at radius 2 is 2.57 bits per heavy atom. The third kappa shape index (κ3) is 4.11. The van der Waals surface area contributed by atoms with Gasteiger partial charge in [0, 0.05) is 29.8 Å². The lowest BCUT2D eigenvalue weighted by Gasteiger charge is -2.22. The molecule has 0 spiro atoms. The molecule has 1 aliphatic rings. The Bertz CT molecular complexity index is 184. The molecule has 0 saturated carbocycles. The zero-order valence-corrected chi connectivity index (χ0v) is 10.3. The average molecular weight is 234 g/mol. The third-order valence-electron chi connectivity index (χ3n) is 2.20. The molecule has 0 aliphatic carbocycles. The van der Waals surface area contributed by atoms with Crippen LogP contribution in [0.4, 0.5) is 0 Å². The SMILES string of the molecule is CSC(C)CNC(=O)C1CSCCN1. The first-order valence-electron chi connectivity index (χ1n) is 4.85. The molecule has 0 radical (unpaired) electrons. The van der Waals surface area contributed by atoms with Gasteiger partial charge in [-0.2, -0.15) is 23.5 Å². The van der Waals surface area contributed by atoms with Crippen LogP contribution in [0, 0.1) is 0 Å². The Kier molecular flexibility index (Phi) is 5.74. The van der Waals surface area contributed by atoms with Crippen LogP contribution in [-0.2, 0) is 4.79 Å². The molecule has 2 N–H and O–H groups in total. The first kappa shape index (κ1) is 12.2. The van der Waals surface area contributed by atoms with Crippen LogP contribution in [0.15, 0.2) is 0 Å². The smallest absolute Gasteiger partial charge is 0.238 e. The molecule has 0 bridgehead atoms. The summed E-state index contributed by atoms with van der Waals surface area (Å²) in [6.45, 7) is 3.83. The molecule has 3 nitrogen and oxygen atoms in total. The lowest BCUT2D eigenvalue weighted by molar-refractivity contribution is -0.122. The van der Waals surface area contributed by atoms with E-state index in [2.05, 4.69) is 23.8 Å². The van der Waals surface area contributed by atoms with Crippen molar-refractivity contribution in [1.29, 1.82) is 0 Å². The van der Waals surface area contributed by atoms with Crippen molar-refractivity contribution >= 4 is 29.4 Å². The van der Waals surface area contributed by atoms with Crippen LogP contribution < -0.4 is 10.6 Å². The Hall–Kier alpha value is 0.130. The summed E-state index contributed by atoms with van der Waals surface area (Å²) in [5, 5.41) is 6.68. The lowest BCUT2D eigenvalue weighted by Crippen LogP contribution is -2.49. The van der Waals surface area contributed by atoms with Gasteiger partial charge in [0.2, 0.25) is 5.91 Å². The Morgan fingerprint density at radius 3 is 3.14 bits per heavy atom. The third-order valence-corrected chi connectivity index (χ3v) is 4.24. The van der Waals surface area contributed by atoms with Crippen LogP contribution in [0.3, 0.4) is 0 Å². The molecule has 1 fully saturated rings. The molecule has 2 unspecified atom stereocenters. The molecule has 1 amide bonds. The molecule has 82 valence electrons. The van der Waals surface area contributed by atoms with Crippen molar-refractivity contribution in [1.82, 2.24) is 10.6 Å². The van der Waals surface area contributed by atoms with E-state index in [1.54, 1.807) is 11.8 Å². The number of rotatable bonds is 4. The number of thioether (sulfide) groups is 2. The molecule has 0 aromatic carbocycles. The molecule has 14 heavy (non-hydrogen) atoms. The van der Waals surface area contributed by atoms with Crippen LogP contribution in [0.2, 0.25) is 0 Å². The van der Waals surface area contributed by atoms with Gasteiger partial charge in [-0.3, -0.25) is 4.79 Å². The Balaban J connectivity index is 2.19. The molecular formula is C9H18N2OS2. The zero-order valence-electron chi connectivity index (χ0n) is 8.71. The standard InChI is InChI=1S/C9H18N2OS2/c1-7(13-2)5-11-9(12)8-6-14-4-3-10-8/h7-8,10H,3-6H2,1-2H3,(H,11,12). The summed E-state index contributed by atoms with van der Waals surface area (Å²) >= 11 is 3.62. The van der Waals surface area contributed by atoms with Gasteiger partial charge in [-0.05, 0) is 6.26 Å². The zero-order chi connectivity index (χ0) is 10.4. The van der Waals surface area contributed by atoms with Crippen molar-refractivity contribution in [2.45, 2.75) is 18.2 Å². The van der Waals surface area contributed by atoms with Gasteiger partial charge in [-0.25, -0.2) is 0 Å². The van der Waals surface area contributed by atoms with E-state index in [0.29, 0.717) is 5.25 Å². The van der Waals surface area contributed by atoms with Crippen molar-refractivity contribution < 1.29 is 4.79 Å². The van der Waals surface area contributed by atoms with E-state index >= 15 is 0 Å². The van der Waals surface area contributed by atoms with Gasteiger partial charge in [0.25, 0.3) is 0 Å². The van der Waals surface area contributed by atoms with Crippen molar-refractivity contribution in [2.24, 2.45) is 0 Å². The fraction of sp³-hybridized carbons (Fsp3) is 0.889. The van der Waals surface area contributed by atoms with Gasteiger partial charge >= 0.3 is 0 Å². The largest absolute Gasteiger partial charge is 0.354 e. The molecule has 2 atom stereocenters. The average Bonchev–Trinajstić information content (AvgIpc) is 2.26. The predicted molar refractivity (Wildman–Crippen MR) is 65.1 cm³/mol. The number of hydrogen-bond donors (Lipinski definition) is 2. The van der Waals surface area contributed by atoms with Gasteiger partial charge in [0.1, 0.15) is 0 Å². The van der Waals surface area contributed by atoms with Gasteiger partial charge in [-0.1, -0.05) is 6.92 Å². The van der Waals surface area contributed by atoms with Crippen LogP contribution in [-0.4, -0.2) is 48.0 Å². The topological polar surface area (TPSA) is 41.1 Å². The minimum atomic E-state index is 0.0165. The molecule has 0 aromatic rings. The molecule has 1 heterocycles. The molecule has 1 rings (SSSR count). The maximum absolute atomic E-state index is 11.6. The molecular weight excluding hydrogens is 216 g/mol. The van der Waals surface area contributed by atoms with E-state index in [0.717, 1.165) is 24.6 Å². The minimum absolute atomic E-state index is 0.0165. The number of hydrogen-bond acceptors (Lipinski definition) is 4. The molecule has 0 aromatic heterocycles. The van der Waals surface area contributed by atoms with Crippen molar-refractivity contribution in [3.63, 3.8) is 0 Å². The van der Waals surface area contributed by atoms with Gasteiger partial charge in [0.05, 0.1) is 6.04 Å². The highest BCUT2D eigenvalue weighted by molar-refractivity contribution is 7.99. The summed E-state index contributed by atoms with van der Waals surface area (Å²) in [6.07, 6.45) is 2.06. The normalized spacial score (nSPS) is 24.3. The van der Waals surface area contributed by atoms with Gasteiger partial charge < -0.3 is 10.6 Å². The van der Waals surface area contributed by atoms with E-state index < -0.39 is 0 Å². The summed E-state index contributed by atoms with van der Waals surface area (Å²) in [6, 6.07) is 0.0165. The molecule has 5 heteroatoms. The predicted octanol–water partition coefficient (Wildman–Crippen LogP) is 0.559. The highest BCUT2D eigenvalue weighted by Gasteiger charge is 2.20. The van der Waals surface area contributed by atoms with Gasteiger partial charge in [0.15, 0.2) is 0 Å². The highest BCUT2D eigenvalue weighted by Crippen LogP contribution is 2.08. The fourth-order valence-corrected chi connectivity index (χ4v) is 2.37. The van der Waals surface area contributed by atoms with E-state index in [1.807, 2.05) is 11.8 Å². The second-order valence-corrected chi connectivity index (χ2v) is 5.80. The number of carbonyl (C=O) groups excluding carboxylic acids is 1. The first-order chi connectivity index (χ1) is 6.74. The summed E-state index contributed by atoms with van der Waals surface area (Å²) < 4.78 is 0. The second-order valence-electron chi connectivity index (χ2n) is 3.37. The maximum atomic E-state index is 11.6. The summed E-state index contributed by atoms with van der Waals surface area (Å²) in [7, 11) is 0. The van der Waals surface area contributed by atoms with Crippen LogP contribution >= 0.6 is 23.5 Å². The fourth-order valence-electron chi connectivity index (χ4n) is 1.18. The summed E-state index contributed by atoms with van der Waals surface area (Å²) in [5.74, 6) is 2.17. The molecule has 1 saturated heterocycles. The van der Waals surface area contributed by atoms with E-state index in [-0.39, 0.29) is 11.9 Å². The minimum Gasteiger partial charge on any atom is -0.354 e. The van der Waals surface area contributed by atoms with E-state index in [4.69, 9.17) is 0 Å². The number of nitrogens with one attached hydrogen (secondary N) is 2. The second kappa shape index (κ2) is 6.58. The summed E-state index contributed by atoms with van der Waals surface area (Å²) in [4.78, 5) is 11.6. The highest BCUT2D eigenvalue weighted by atomic mass is 32.2. The van der Waals surface area contributed by atoms with Crippen LogP contribution in [0.5, 0.6) is 0 Å². The van der Waals surface area contributed by atoms with E-state index in [9.17, 15) is 4.79 Å². The maximum Gasteiger partial charge on any atom is 0.238 e. The quantitative estimate of drug-likeness (QED) is 0.746. The van der Waals surface area contributed by atoms with Crippen LogP contribution in [0.1, 0.15) is 6.92 Å². The van der Waals surface area contributed by atoms with Crippen molar-refractivity contribution in [3.8, 4) is 0 Å².